The number of anilines is 1. The van der Waals surface area contributed by atoms with Crippen LogP contribution in [0.3, 0.4) is 0 Å². The Morgan fingerprint density at radius 1 is 1.18 bits per heavy atom. The van der Waals surface area contributed by atoms with Gasteiger partial charge in [0, 0.05) is 24.0 Å². The van der Waals surface area contributed by atoms with E-state index in [1.165, 1.54) is 24.5 Å². The molecular weight excluding hydrogens is 376 g/mol. The van der Waals surface area contributed by atoms with Gasteiger partial charge in [-0.2, -0.15) is 18.3 Å². The third-order valence-electron chi connectivity index (χ3n) is 4.37. The number of nitrogens with one attached hydrogen (secondary N) is 1. The molecule has 2 heterocycles. The summed E-state index contributed by atoms with van der Waals surface area (Å²) in [6.07, 6.45) is -0.270. The molecule has 144 valence electrons. The molecule has 1 fully saturated rings. The lowest BCUT2D eigenvalue weighted by Crippen LogP contribution is -2.15. The minimum Gasteiger partial charge on any atom is -0.322 e. The number of alkyl halides is 3. The van der Waals surface area contributed by atoms with Crippen molar-refractivity contribution in [1.82, 2.24) is 14.8 Å². The first-order chi connectivity index (χ1) is 13.3. The van der Waals surface area contributed by atoms with Crippen LogP contribution in [0.1, 0.15) is 40.5 Å². The zero-order valence-corrected chi connectivity index (χ0v) is 14.4. The highest BCUT2D eigenvalue weighted by molar-refractivity contribution is 6.04. The van der Waals surface area contributed by atoms with Gasteiger partial charge in [0.15, 0.2) is 5.82 Å². The van der Waals surface area contributed by atoms with Crippen molar-refractivity contribution < 1.29 is 22.4 Å². The van der Waals surface area contributed by atoms with Crippen LogP contribution in [-0.2, 0) is 6.18 Å². The Balaban J connectivity index is 1.64. The quantitative estimate of drug-likeness (QED) is 0.665. The number of pyridine rings is 1. The number of aromatic nitrogens is 3. The van der Waals surface area contributed by atoms with Crippen LogP contribution >= 0.6 is 0 Å². The Morgan fingerprint density at radius 2 is 1.96 bits per heavy atom. The second-order valence-electron chi connectivity index (χ2n) is 6.50. The number of halogens is 4. The van der Waals surface area contributed by atoms with Crippen molar-refractivity contribution >= 4 is 11.6 Å². The van der Waals surface area contributed by atoms with Gasteiger partial charge in [-0.3, -0.25) is 9.78 Å². The first-order valence-corrected chi connectivity index (χ1v) is 8.51. The van der Waals surface area contributed by atoms with Crippen LogP contribution in [0.5, 0.6) is 0 Å². The van der Waals surface area contributed by atoms with E-state index in [4.69, 9.17) is 0 Å². The molecule has 9 heteroatoms. The zero-order chi connectivity index (χ0) is 19.9. The van der Waals surface area contributed by atoms with Gasteiger partial charge in [0.25, 0.3) is 5.91 Å². The second-order valence-corrected chi connectivity index (χ2v) is 6.50. The van der Waals surface area contributed by atoms with E-state index >= 15 is 0 Å². The molecule has 2 aromatic heterocycles. The van der Waals surface area contributed by atoms with E-state index in [2.05, 4.69) is 15.4 Å². The van der Waals surface area contributed by atoms with Crippen molar-refractivity contribution in [3.63, 3.8) is 0 Å². The summed E-state index contributed by atoms with van der Waals surface area (Å²) in [5.74, 6) is -1.45. The molecule has 1 aliphatic rings. The third-order valence-corrected chi connectivity index (χ3v) is 4.37. The molecule has 1 aromatic carbocycles. The Kier molecular flexibility index (Phi) is 4.37. The molecule has 28 heavy (non-hydrogen) atoms. The predicted octanol–water partition coefficient (Wildman–Crippen LogP) is 4.55. The minimum absolute atomic E-state index is 0.0107. The average molecular weight is 390 g/mol. The second kappa shape index (κ2) is 6.74. The van der Waals surface area contributed by atoms with Crippen LogP contribution in [0, 0.1) is 5.82 Å². The molecule has 1 N–H and O–H groups in total. The topological polar surface area (TPSA) is 59.8 Å². The molecular formula is C19H14F4N4O. The summed E-state index contributed by atoms with van der Waals surface area (Å²) in [6.45, 7) is 0. The molecule has 0 bridgehead atoms. The summed E-state index contributed by atoms with van der Waals surface area (Å²) >= 11 is 0. The molecule has 0 saturated heterocycles. The van der Waals surface area contributed by atoms with Crippen LogP contribution in [0.2, 0.25) is 0 Å². The molecule has 0 spiro atoms. The van der Waals surface area contributed by atoms with Crippen molar-refractivity contribution in [2.75, 3.05) is 5.32 Å². The summed E-state index contributed by atoms with van der Waals surface area (Å²) in [5, 5.41) is 6.45. The maximum atomic E-state index is 14.6. The molecule has 1 amide bonds. The molecule has 0 radical (unpaired) electrons. The van der Waals surface area contributed by atoms with Gasteiger partial charge in [0.05, 0.1) is 11.3 Å². The summed E-state index contributed by atoms with van der Waals surface area (Å²) in [7, 11) is 0. The highest BCUT2D eigenvalue weighted by Gasteiger charge is 2.39. The molecule has 0 aliphatic heterocycles. The number of rotatable bonds is 4. The van der Waals surface area contributed by atoms with E-state index in [9.17, 15) is 22.4 Å². The van der Waals surface area contributed by atoms with E-state index in [0.717, 1.165) is 31.0 Å². The Hall–Kier alpha value is -3.23. The summed E-state index contributed by atoms with van der Waals surface area (Å²) in [4.78, 5) is 15.9. The number of hydrogen-bond donors (Lipinski definition) is 1. The van der Waals surface area contributed by atoms with Gasteiger partial charge in [-0.05, 0) is 49.2 Å². The number of benzene rings is 1. The van der Waals surface area contributed by atoms with Crippen LogP contribution in [-0.4, -0.2) is 20.7 Å². The van der Waals surface area contributed by atoms with Crippen LogP contribution < -0.4 is 5.32 Å². The lowest BCUT2D eigenvalue weighted by atomic mass is 10.2. The maximum absolute atomic E-state index is 14.6. The first kappa shape index (κ1) is 18.1. The molecule has 1 aliphatic carbocycles. The van der Waals surface area contributed by atoms with E-state index < -0.39 is 23.6 Å². The Labute approximate surface area is 157 Å². The van der Waals surface area contributed by atoms with Gasteiger partial charge in [-0.1, -0.05) is 0 Å². The predicted molar refractivity (Wildman–Crippen MR) is 92.7 cm³/mol. The number of carbonyl (C=O) groups is 1. The van der Waals surface area contributed by atoms with E-state index in [1.54, 1.807) is 6.07 Å². The third kappa shape index (κ3) is 3.60. The summed E-state index contributed by atoms with van der Waals surface area (Å²) in [6, 6.07) is 7.52. The minimum atomic E-state index is -4.67. The van der Waals surface area contributed by atoms with Crippen LogP contribution in [0.15, 0.2) is 48.8 Å². The summed E-state index contributed by atoms with van der Waals surface area (Å²) < 4.78 is 55.2. The maximum Gasteiger partial charge on any atom is 0.433 e. The smallest absolute Gasteiger partial charge is 0.322 e. The average Bonchev–Trinajstić information content (AvgIpc) is 3.40. The van der Waals surface area contributed by atoms with Crippen LogP contribution in [0.4, 0.5) is 23.2 Å². The first-order valence-electron chi connectivity index (χ1n) is 8.51. The fraction of sp³-hybridized carbons (Fsp3) is 0.211. The number of amides is 1. The fourth-order valence-electron chi connectivity index (χ4n) is 2.82. The van der Waals surface area contributed by atoms with E-state index in [-0.39, 0.29) is 22.9 Å². The number of hydrogen-bond acceptors (Lipinski definition) is 3. The van der Waals surface area contributed by atoms with Gasteiger partial charge in [-0.15, -0.1) is 0 Å². The SMILES string of the molecule is O=C(Nc1ccc(-n2nc(C3CC3)cc2C(F)(F)F)c(F)c1)c1cccnc1. The molecule has 0 unspecified atom stereocenters. The van der Waals surface area contributed by atoms with Gasteiger partial charge < -0.3 is 5.32 Å². The van der Waals surface area contributed by atoms with Crippen molar-refractivity contribution in [2.24, 2.45) is 0 Å². The van der Waals surface area contributed by atoms with Crippen molar-refractivity contribution in [1.29, 1.82) is 0 Å². The normalized spacial score (nSPS) is 14.1. The van der Waals surface area contributed by atoms with E-state index in [0.29, 0.717) is 10.4 Å². The van der Waals surface area contributed by atoms with Gasteiger partial charge in [0.1, 0.15) is 11.4 Å². The monoisotopic (exact) mass is 390 g/mol. The molecule has 3 aromatic rings. The molecule has 4 rings (SSSR count). The highest BCUT2D eigenvalue weighted by atomic mass is 19.4. The van der Waals surface area contributed by atoms with Gasteiger partial charge in [-0.25, -0.2) is 9.07 Å². The van der Waals surface area contributed by atoms with Gasteiger partial charge >= 0.3 is 6.18 Å². The standard InChI is InChI=1S/C19H14F4N4O/c20-14-8-13(25-18(28)12-2-1-7-24-10-12)5-6-16(14)27-17(19(21,22)23)9-15(26-27)11-3-4-11/h1-2,5-11H,3-4H2,(H,25,28). The van der Waals surface area contributed by atoms with Crippen LogP contribution in [0.25, 0.3) is 5.69 Å². The highest BCUT2D eigenvalue weighted by Crippen LogP contribution is 2.42. The Morgan fingerprint density at radius 3 is 2.57 bits per heavy atom. The van der Waals surface area contributed by atoms with Crippen molar-refractivity contribution in [2.45, 2.75) is 24.9 Å². The number of nitrogens with zero attached hydrogens (tertiary/aromatic N) is 3. The molecule has 5 nitrogen and oxygen atoms in total. The molecule has 0 atom stereocenters. The lowest BCUT2D eigenvalue weighted by Gasteiger charge is -2.12. The van der Waals surface area contributed by atoms with Crippen molar-refractivity contribution in [3.05, 3.63) is 71.6 Å². The molecule has 1 saturated carbocycles. The largest absolute Gasteiger partial charge is 0.433 e. The summed E-state index contributed by atoms with van der Waals surface area (Å²) in [5.41, 5.74) is -0.676. The van der Waals surface area contributed by atoms with Crippen molar-refractivity contribution in [3.8, 4) is 5.69 Å². The fourth-order valence-corrected chi connectivity index (χ4v) is 2.82. The Bertz CT molecular complexity index is 1030. The van der Waals surface area contributed by atoms with Gasteiger partial charge in [0.2, 0.25) is 0 Å². The van der Waals surface area contributed by atoms with E-state index in [1.807, 2.05) is 0 Å². The zero-order valence-electron chi connectivity index (χ0n) is 14.4. The number of carbonyl (C=O) groups excluding carboxylic acids is 1. The lowest BCUT2D eigenvalue weighted by molar-refractivity contribution is -0.142.